The van der Waals surface area contributed by atoms with Crippen molar-refractivity contribution < 1.29 is 12.8 Å². The molecule has 0 atom stereocenters. The number of fused-ring (bicyclic) bond motifs is 1. The van der Waals surface area contributed by atoms with E-state index in [1.807, 2.05) is 0 Å². The van der Waals surface area contributed by atoms with Crippen LogP contribution in [0.2, 0.25) is 5.02 Å². The van der Waals surface area contributed by atoms with Gasteiger partial charge in [0.25, 0.3) is 10.0 Å². The molecule has 0 amide bonds. The zero-order valence-electron chi connectivity index (χ0n) is 13.9. The molecule has 6 nitrogen and oxygen atoms in total. The third kappa shape index (κ3) is 3.60. The summed E-state index contributed by atoms with van der Waals surface area (Å²) in [6.45, 7) is 0. The van der Waals surface area contributed by atoms with Gasteiger partial charge in [-0.15, -0.1) is 0 Å². The minimum atomic E-state index is -3.73. The Morgan fingerprint density at radius 1 is 0.963 bits per heavy atom. The molecule has 0 saturated heterocycles. The number of nitrogens with two attached hydrogens (primary N) is 1. The van der Waals surface area contributed by atoms with Crippen LogP contribution in [0.25, 0.3) is 22.6 Å². The van der Waals surface area contributed by atoms with Gasteiger partial charge in [0.2, 0.25) is 5.89 Å². The first kappa shape index (κ1) is 17.4. The third-order valence-electron chi connectivity index (χ3n) is 3.92. The number of benzene rings is 3. The number of hydrogen-bond donors (Lipinski definition) is 2. The molecule has 0 aliphatic rings. The highest BCUT2D eigenvalue weighted by Gasteiger charge is 2.15. The first-order valence-corrected chi connectivity index (χ1v) is 9.82. The summed E-state index contributed by atoms with van der Waals surface area (Å²) >= 11 is 5.90. The minimum Gasteiger partial charge on any atom is -0.436 e. The molecule has 0 aliphatic heterocycles. The molecule has 0 radical (unpaired) electrons. The molecule has 4 aromatic rings. The second kappa shape index (κ2) is 6.61. The van der Waals surface area contributed by atoms with Crippen LogP contribution in [0.1, 0.15) is 0 Å². The summed E-state index contributed by atoms with van der Waals surface area (Å²) in [6, 6.07) is 18.0. The van der Waals surface area contributed by atoms with Gasteiger partial charge in [-0.2, -0.15) is 0 Å². The Bertz CT molecular complexity index is 1220. The van der Waals surface area contributed by atoms with Gasteiger partial charge in [0, 0.05) is 16.3 Å². The number of oxazole rings is 1. The molecule has 3 aromatic carbocycles. The lowest BCUT2D eigenvalue weighted by Gasteiger charge is -2.08. The third-order valence-corrected chi connectivity index (χ3v) is 5.57. The topological polar surface area (TPSA) is 98.2 Å². The van der Waals surface area contributed by atoms with Gasteiger partial charge >= 0.3 is 0 Å². The zero-order valence-corrected chi connectivity index (χ0v) is 15.5. The fourth-order valence-corrected chi connectivity index (χ4v) is 3.74. The summed E-state index contributed by atoms with van der Waals surface area (Å²) < 4.78 is 33.3. The van der Waals surface area contributed by atoms with Gasteiger partial charge in [0.15, 0.2) is 5.58 Å². The molecular formula is C19H14ClN3O3S. The number of aromatic nitrogens is 1. The van der Waals surface area contributed by atoms with Gasteiger partial charge in [0.1, 0.15) is 5.52 Å². The smallest absolute Gasteiger partial charge is 0.261 e. The number of anilines is 2. The van der Waals surface area contributed by atoms with Gasteiger partial charge in [0.05, 0.1) is 10.6 Å². The van der Waals surface area contributed by atoms with E-state index in [-0.39, 0.29) is 4.90 Å². The van der Waals surface area contributed by atoms with Crippen LogP contribution in [0.5, 0.6) is 0 Å². The molecule has 3 N–H and O–H groups in total. The Kier molecular flexibility index (Phi) is 4.25. The second-order valence-electron chi connectivity index (χ2n) is 5.88. The Hall–Kier alpha value is -3.03. The minimum absolute atomic E-state index is 0.124. The van der Waals surface area contributed by atoms with Gasteiger partial charge < -0.3 is 10.2 Å². The molecule has 27 heavy (non-hydrogen) atoms. The lowest BCUT2D eigenvalue weighted by Crippen LogP contribution is -2.12. The summed E-state index contributed by atoms with van der Waals surface area (Å²) in [5.74, 6) is 0.431. The first-order chi connectivity index (χ1) is 12.9. The Morgan fingerprint density at radius 3 is 2.37 bits per heavy atom. The van der Waals surface area contributed by atoms with E-state index in [9.17, 15) is 8.42 Å². The van der Waals surface area contributed by atoms with Crippen LogP contribution in [0.3, 0.4) is 0 Å². The molecule has 1 heterocycles. The van der Waals surface area contributed by atoms with Crippen LogP contribution in [0, 0.1) is 0 Å². The highest BCUT2D eigenvalue weighted by molar-refractivity contribution is 7.92. The molecule has 0 saturated carbocycles. The predicted molar refractivity (Wildman–Crippen MR) is 106 cm³/mol. The average Bonchev–Trinajstić information content (AvgIpc) is 3.05. The fourth-order valence-electron chi connectivity index (χ4n) is 2.57. The van der Waals surface area contributed by atoms with E-state index in [4.69, 9.17) is 21.8 Å². The Labute approximate surface area is 160 Å². The van der Waals surface area contributed by atoms with Crippen molar-refractivity contribution >= 4 is 44.1 Å². The average molecular weight is 400 g/mol. The fraction of sp³-hybridized carbons (Fsp3) is 0. The highest BCUT2D eigenvalue weighted by Crippen LogP contribution is 2.28. The lowest BCUT2D eigenvalue weighted by atomic mass is 10.2. The SMILES string of the molecule is Nc1ccc(S(=O)(=O)Nc2ccc3oc(-c4ccc(Cl)cc4)nc3c2)cc1. The van der Waals surface area contributed by atoms with Crippen molar-refractivity contribution in [1.29, 1.82) is 0 Å². The van der Waals surface area contributed by atoms with E-state index in [0.717, 1.165) is 5.56 Å². The molecular weight excluding hydrogens is 386 g/mol. The zero-order chi connectivity index (χ0) is 19.0. The summed E-state index contributed by atoms with van der Waals surface area (Å²) in [5, 5.41) is 0.620. The van der Waals surface area contributed by atoms with Crippen LogP contribution < -0.4 is 10.5 Å². The number of nitrogens with one attached hydrogen (secondary N) is 1. The predicted octanol–water partition coefficient (Wildman–Crippen LogP) is 4.53. The quantitative estimate of drug-likeness (QED) is 0.491. The highest BCUT2D eigenvalue weighted by atomic mass is 35.5. The van der Waals surface area contributed by atoms with Crippen molar-refractivity contribution in [3.8, 4) is 11.5 Å². The largest absolute Gasteiger partial charge is 0.436 e. The van der Waals surface area contributed by atoms with Crippen molar-refractivity contribution in [2.75, 3.05) is 10.5 Å². The van der Waals surface area contributed by atoms with Crippen molar-refractivity contribution in [1.82, 2.24) is 4.98 Å². The molecule has 136 valence electrons. The van der Waals surface area contributed by atoms with Crippen molar-refractivity contribution in [2.45, 2.75) is 4.90 Å². The summed E-state index contributed by atoms with van der Waals surface area (Å²) in [5.41, 5.74) is 8.35. The Balaban J connectivity index is 1.65. The van der Waals surface area contributed by atoms with Crippen LogP contribution >= 0.6 is 11.6 Å². The van der Waals surface area contributed by atoms with E-state index < -0.39 is 10.0 Å². The monoisotopic (exact) mass is 399 g/mol. The second-order valence-corrected chi connectivity index (χ2v) is 8.00. The van der Waals surface area contributed by atoms with E-state index in [2.05, 4.69) is 9.71 Å². The standard InChI is InChI=1S/C19H14ClN3O3S/c20-13-3-1-12(2-4-13)19-22-17-11-15(7-10-18(17)26-19)23-27(24,25)16-8-5-14(21)6-9-16/h1-11,23H,21H2. The van der Waals surface area contributed by atoms with Gasteiger partial charge in [-0.1, -0.05) is 11.6 Å². The van der Waals surface area contributed by atoms with Crippen LogP contribution in [-0.2, 0) is 10.0 Å². The van der Waals surface area contributed by atoms with E-state index in [1.54, 1.807) is 42.5 Å². The number of rotatable bonds is 4. The molecule has 0 aliphatic carbocycles. The van der Waals surface area contributed by atoms with Crippen LogP contribution in [-0.4, -0.2) is 13.4 Å². The maximum Gasteiger partial charge on any atom is 0.261 e. The number of hydrogen-bond acceptors (Lipinski definition) is 5. The maximum absolute atomic E-state index is 12.5. The van der Waals surface area contributed by atoms with Crippen molar-refractivity contribution in [3.05, 3.63) is 71.8 Å². The first-order valence-electron chi connectivity index (χ1n) is 7.96. The maximum atomic E-state index is 12.5. The summed E-state index contributed by atoms with van der Waals surface area (Å²) in [4.78, 5) is 4.55. The molecule has 8 heteroatoms. The van der Waals surface area contributed by atoms with Gasteiger partial charge in [-0.05, 0) is 66.7 Å². The van der Waals surface area contributed by atoms with Gasteiger partial charge in [-0.3, -0.25) is 4.72 Å². The molecule has 1 aromatic heterocycles. The number of nitrogen functional groups attached to an aromatic ring is 1. The van der Waals surface area contributed by atoms with E-state index >= 15 is 0 Å². The van der Waals surface area contributed by atoms with E-state index in [1.165, 1.54) is 24.3 Å². The number of nitrogens with zero attached hydrogens (tertiary/aromatic N) is 1. The Morgan fingerprint density at radius 2 is 1.67 bits per heavy atom. The number of halogens is 1. The molecule has 4 rings (SSSR count). The normalized spacial score (nSPS) is 11.6. The van der Waals surface area contributed by atoms with Gasteiger partial charge in [-0.25, -0.2) is 13.4 Å². The van der Waals surface area contributed by atoms with Crippen LogP contribution in [0.4, 0.5) is 11.4 Å². The summed E-state index contributed by atoms with van der Waals surface area (Å²) in [6.07, 6.45) is 0. The summed E-state index contributed by atoms with van der Waals surface area (Å²) in [7, 11) is -3.73. The molecule has 0 unspecified atom stereocenters. The molecule has 0 fully saturated rings. The van der Waals surface area contributed by atoms with E-state index in [0.29, 0.717) is 33.4 Å². The molecule has 0 bridgehead atoms. The lowest BCUT2D eigenvalue weighted by molar-refractivity contribution is 0.601. The van der Waals surface area contributed by atoms with Crippen LogP contribution in [0.15, 0.2) is 76.0 Å². The molecule has 0 spiro atoms. The van der Waals surface area contributed by atoms with Crippen molar-refractivity contribution in [3.63, 3.8) is 0 Å². The van der Waals surface area contributed by atoms with Crippen molar-refractivity contribution in [2.24, 2.45) is 0 Å². The number of sulfonamides is 1.